The van der Waals surface area contributed by atoms with E-state index in [0.717, 1.165) is 13.0 Å². The first kappa shape index (κ1) is 14.8. The van der Waals surface area contributed by atoms with Gasteiger partial charge in [-0.2, -0.15) is 4.98 Å². The van der Waals surface area contributed by atoms with Gasteiger partial charge in [0.25, 0.3) is 0 Å². The van der Waals surface area contributed by atoms with Crippen LogP contribution in [0.1, 0.15) is 13.3 Å². The Morgan fingerprint density at radius 3 is 2.80 bits per heavy atom. The van der Waals surface area contributed by atoms with Crippen molar-refractivity contribution < 1.29 is 4.39 Å². The Labute approximate surface area is 126 Å². The van der Waals surface area contributed by atoms with E-state index in [2.05, 4.69) is 20.6 Å². The van der Waals surface area contributed by atoms with Gasteiger partial charge in [-0.3, -0.25) is 0 Å². The van der Waals surface area contributed by atoms with E-state index in [0.29, 0.717) is 16.8 Å². The summed E-state index contributed by atoms with van der Waals surface area (Å²) in [6.07, 6.45) is 2.40. The minimum atomic E-state index is -0.549. The van der Waals surface area contributed by atoms with Crippen LogP contribution in [-0.4, -0.2) is 16.5 Å². The van der Waals surface area contributed by atoms with E-state index in [1.165, 1.54) is 12.3 Å². The Hall–Kier alpha value is -1.59. The molecule has 0 spiro atoms. The molecule has 1 aromatic heterocycles. The van der Waals surface area contributed by atoms with Crippen molar-refractivity contribution in [3.63, 3.8) is 0 Å². The molecule has 0 amide bonds. The van der Waals surface area contributed by atoms with Crippen LogP contribution < -0.4 is 10.6 Å². The molecule has 4 nitrogen and oxygen atoms in total. The molecule has 2 aromatic rings. The van der Waals surface area contributed by atoms with Crippen molar-refractivity contribution in [1.82, 2.24) is 9.97 Å². The van der Waals surface area contributed by atoms with Gasteiger partial charge in [0.15, 0.2) is 11.6 Å². The molecular formula is C13H13Cl2FN4. The molecule has 1 heterocycles. The normalized spacial score (nSPS) is 10.4. The van der Waals surface area contributed by atoms with E-state index in [1.54, 1.807) is 12.1 Å². The minimum absolute atomic E-state index is 0.0320. The molecule has 0 unspecified atom stereocenters. The molecule has 0 fully saturated rings. The van der Waals surface area contributed by atoms with Crippen molar-refractivity contribution in [2.24, 2.45) is 0 Å². The lowest BCUT2D eigenvalue weighted by atomic mass is 10.3. The van der Waals surface area contributed by atoms with Crippen LogP contribution in [0.25, 0.3) is 0 Å². The molecule has 0 bridgehead atoms. The fourth-order valence-electron chi connectivity index (χ4n) is 1.50. The van der Waals surface area contributed by atoms with E-state index in [4.69, 9.17) is 23.2 Å². The lowest BCUT2D eigenvalue weighted by Crippen LogP contribution is -2.06. The quantitative estimate of drug-likeness (QED) is 0.853. The lowest BCUT2D eigenvalue weighted by Gasteiger charge is -2.10. The maximum absolute atomic E-state index is 13.8. The minimum Gasteiger partial charge on any atom is -0.354 e. The zero-order valence-corrected chi connectivity index (χ0v) is 12.3. The number of nitrogens with one attached hydrogen (secondary N) is 2. The number of rotatable bonds is 5. The third-order valence-corrected chi connectivity index (χ3v) is 3.05. The Balaban J connectivity index is 2.26. The highest BCUT2D eigenvalue weighted by Gasteiger charge is 2.10. The third kappa shape index (κ3) is 3.49. The number of hydrogen-bond acceptors (Lipinski definition) is 4. The second-order valence-electron chi connectivity index (χ2n) is 4.04. The first-order valence-electron chi connectivity index (χ1n) is 6.09. The molecule has 0 aliphatic rings. The van der Waals surface area contributed by atoms with Crippen molar-refractivity contribution in [3.8, 4) is 0 Å². The highest BCUT2D eigenvalue weighted by molar-refractivity contribution is 6.33. The first-order chi connectivity index (χ1) is 9.61. The average molecular weight is 315 g/mol. The monoisotopic (exact) mass is 314 g/mol. The molecular weight excluding hydrogens is 302 g/mol. The number of halogens is 3. The number of nitrogens with zero attached hydrogens (tertiary/aromatic N) is 2. The van der Waals surface area contributed by atoms with Gasteiger partial charge in [-0.1, -0.05) is 36.2 Å². The van der Waals surface area contributed by atoms with E-state index < -0.39 is 5.82 Å². The van der Waals surface area contributed by atoms with Gasteiger partial charge < -0.3 is 10.6 Å². The maximum atomic E-state index is 13.8. The van der Waals surface area contributed by atoms with Crippen LogP contribution in [0.3, 0.4) is 0 Å². The molecule has 0 radical (unpaired) electrons. The molecule has 0 saturated heterocycles. The smallest absolute Gasteiger partial charge is 0.224 e. The predicted octanol–water partition coefficient (Wildman–Crippen LogP) is 4.49. The number of anilines is 3. The Morgan fingerprint density at radius 2 is 2.05 bits per heavy atom. The summed E-state index contributed by atoms with van der Waals surface area (Å²) in [5.41, 5.74) is 0.208. The zero-order valence-electron chi connectivity index (χ0n) is 10.8. The Bertz CT molecular complexity index is 607. The van der Waals surface area contributed by atoms with Crippen molar-refractivity contribution in [1.29, 1.82) is 0 Å². The standard InChI is InChI=1S/C13H13Cl2FN4/c1-2-6-17-13-18-7-9(15)12(20-13)19-10-5-3-4-8(14)11(10)16/h3-5,7H,2,6H2,1H3,(H2,17,18,19,20). The van der Waals surface area contributed by atoms with Gasteiger partial charge in [-0.15, -0.1) is 0 Å². The van der Waals surface area contributed by atoms with E-state index in [9.17, 15) is 4.39 Å². The summed E-state index contributed by atoms with van der Waals surface area (Å²) in [6, 6.07) is 4.66. The zero-order chi connectivity index (χ0) is 14.5. The fraction of sp³-hybridized carbons (Fsp3) is 0.231. The van der Waals surface area contributed by atoms with Gasteiger partial charge in [0.2, 0.25) is 5.95 Å². The maximum Gasteiger partial charge on any atom is 0.224 e. The summed E-state index contributed by atoms with van der Waals surface area (Å²) >= 11 is 11.7. The topological polar surface area (TPSA) is 49.8 Å². The summed E-state index contributed by atoms with van der Waals surface area (Å²) in [4.78, 5) is 8.24. The Morgan fingerprint density at radius 1 is 1.25 bits per heavy atom. The second-order valence-corrected chi connectivity index (χ2v) is 4.86. The van der Waals surface area contributed by atoms with Crippen LogP contribution in [0.4, 0.5) is 21.8 Å². The largest absolute Gasteiger partial charge is 0.354 e. The van der Waals surface area contributed by atoms with Gasteiger partial charge in [0.1, 0.15) is 5.02 Å². The molecule has 106 valence electrons. The highest BCUT2D eigenvalue weighted by atomic mass is 35.5. The van der Waals surface area contributed by atoms with Crippen LogP contribution in [0.15, 0.2) is 24.4 Å². The molecule has 2 N–H and O–H groups in total. The van der Waals surface area contributed by atoms with Gasteiger partial charge in [0, 0.05) is 6.54 Å². The lowest BCUT2D eigenvalue weighted by molar-refractivity contribution is 0.632. The molecule has 0 saturated carbocycles. The van der Waals surface area contributed by atoms with Crippen molar-refractivity contribution in [2.45, 2.75) is 13.3 Å². The fourth-order valence-corrected chi connectivity index (χ4v) is 1.82. The molecule has 0 aliphatic heterocycles. The molecule has 20 heavy (non-hydrogen) atoms. The van der Waals surface area contributed by atoms with Gasteiger partial charge in [0.05, 0.1) is 16.9 Å². The summed E-state index contributed by atoms with van der Waals surface area (Å²) in [7, 11) is 0. The van der Waals surface area contributed by atoms with E-state index in [1.807, 2.05) is 6.92 Å². The van der Waals surface area contributed by atoms with Crippen LogP contribution in [-0.2, 0) is 0 Å². The van der Waals surface area contributed by atoms with Crippen LogP contribution in [0, 0.1) is 5.82 Å². The molecule has 0 aliphatic carbocycles. The first-order valence-corrected chi connectivity index (χ1v) is 6.85. The van der Waals surface area contributed by atoms with Gasteiger partial charge >= 0.3 is 0 Å². The molecule has 0 atom stereocenters. The van der Waals surface area contributed by atoms with Crippen molar-refractivity contribution in [3.05, 3.63) is 40.3 Å². The molecule has 7 heteroatoms. The number of aromatic nitrogens is 2. The van der Waals surface area contributed by atoms with Crippen molar-refractivity contribution >= 4 is 40.7 Å². The summed E-state index contributed by atoms with van der Waals surface area (Å²) in [6.45, 7) is 2.77. The van der Waals surface area contributed by atoms with Gasteiger partial charge in [-0.05, 0) is 18.6 Å². The van der Waals surface area contributed by atoms with Gasteiger partial charge in [-0.25, -0.2) is 9.37 Å². The SMILES string of the molecule is CCCNc1ncc(Cl)c(Nc2cccc(Cl)c2F)n1. The molecule has 1 aromatic carbocycles. The predicted molar refractivity (Wildman–Crippen MR) is 80.5 cm³/mol. The van der Waals surface area contributed by atoms with E-state index in [-0.39, 0.29) is 10.7 Å². The molecule has 2 rings (SSSR count). The van der Waals surface area contributed by atoms with Crippen LogP contribution in [0.5, 0.6) is 0 Å². The third-order valence-electron chi connectivity index (χ3n) is 2.48. The highest BCUT2D eigenvalue weighted by Crippen LogP contribution is 2.28. The number of benzene rings is 1. The summed E-state index contributed by atoms with van der Waals surface area (Å²) in [5, 5.41) is 6.18. The summed E-state index contributed by atoms with van der Waals surface area (Å²) in [5.74, 6) is 0.203. The van der Waals surface area contributed by atoms with Crippen LogP contribution >= 0.6 is 23.2 Å². The van der Waals surface area contributed by atoms with Crippen LogP contribution in [0.2, 0.25) is 10.0 Å². The Kier molecular flexibility index (Phi) is 4.98. The van der Waals surface area contributed by atoms with Crippen molar-refractivity contribution in [2.75, 3.05) is 17.2 Å². The number of hydrogen-bond donors (Lipinski definition) is 2. The van der Waals surface area contributed by atoms with E-state index >= 15 is 0 Å². The average Bonchev–Trinajstić information content (AvgIpc) is 2.44. The summed E-state index contributed by atoms with van der Waals surface area (Å²) < 4.78 is 13.8. The second kappa shape index (κ2) is 6.72.